The molecule has 9 heteroatoms. The lowest BCUT2D eigenvalue weighted by atomic mass is 10.1. The maximum absolute atomic E-state index is 13.0. The molecule has 0 aliphatic carbocycles. The molecule has 0 fully saturated rings. The van der Waals surface area contributed by atoms with Crippen LogP contribution in [-0.4, -0.2) is 23.5 Å². The molecule has 1 amide bonds. The summed E-state index contributed by atoms with van der Waals surface area (Å²) in [5.74, 6) is -1.47. The summed E-state index contributed by atoms with van der Waals surface area (Å²) < 4.78 is 44.0. The van der Waals surface area contributed by atoms with Crippen LogP contribution in [0.2, 0.25) is 5.02 Å². The smallest absolute Gasteiger partial charge is 0.418 e. The number of aromatic amines is 1. The van der Waals surface area contributed by atoms with Gasteiger partial charge in [0.1, 0.15) is 0 Å². The van der Waals surface area contributed by atoms with Crippen LogP contribution < -0.4 is 5.32 Å². The topological polar surface area (TPSA) is 71.2 Å². The van der Waals surface area contributed by atoms with Gasteiger partial charge in [0.2, 0.25) is 0 Å². The van der Waals surface area contributed by atoms with E-state index in [0.717, 1.165) is 22.5 Å². The number of alkyl halides is 3. The van der Waals surface area contributed by atoms with Gasteiger partial charge in [-0.3, -0.25) is 9.59 Å². The van der Waals surface area contributed by atoms with E-state index in [2.05, 4.69) is 10.3 Å². The lowest BCUT2D eigenvalue weighted by molar-refractivity contribution is -0.147. The van der Waals surface area contributed by atoms with Gasteiger partial charge in [-0.1, -0.05) is 29.8 Å². The number of rotatable bonds is 7. The molecule has 1 aromatic heterocycles. The van der Waals surface area contributed by atoms with Crippen LogP contribution >= 0.6 is 11.6 Å². The highest BCUT2D eigenvalue weighted by molar-refractivity contribution is 6.30. The number of nitrogens with one attached hydrogen (secondary N) is 2. The van der Waals surface area contributed by atoms with Gasteiger partial charge >= 0.3 is 12.1 Å². The molecule has 1 heterocycles. The van der Waals surface area contributed by atoms with Crippen LogP contribution in [0.5, 0.6) is 0 Å². The Balaban J connectivity index is 1.46. The number of halogens is 4. The monoisotopic (exact) mass is 438 g/mol. The number of ether oxygens (including phenoxy) is 1. The molecule has 0 unspecified atom stereocenters. The van der Waals surface area contributed by atoms with E-state index >= 15 is 0 Å². The fourth-order valence-electron chi connectivity index (χ4n) is 3.03. The van der Waals surface area contributed by atoms with Gasteiger partial charge in [0.05, 0.1) is 11.3 Å². The summed E-state index contributed by atoms with van der Waals surface area (Å²) >= 11 is 5.60. The van der Waals surface area contributed by atoms with Gasteiger partial charge < -0.3 is 15.0 Å². The normalized spacial score (nSPS) is 11.5. The average Bonchev–Trinajstić information content (AvgIpc) is 3.10. The number of fused-ring (bicyclic) bond motifs is 1. The van der Waals surface area contributed by atoms with E-state index in [1.807, 2.05) is 30.5 Å². The number of amides is 1. The molecular weight excluding hydrogens is 421 g/mol. The number of H-pyrrole nitrogens is 1. The van der Waals surface area contributed by atoms with Crippen molar-refractivity contribution >= 4 is 40.1 Å². The zero-order valence-electron chi connectivity index (χ0n) is 15.7. The first kappa shape index (κ1) is 21.7. The quantitative estimate of drug-likeness (QED) is 0.489. The summed E-state index contributed by atoms with van der Waals surface area (Å²) in [5.41, 5.74) is 0.548. The van der Waals surface area contributed by atoms with E-state index in [-0.39, 0.29) is 11.4 Å². The number of esters is 1. The summed E-state index contributed by atoms with van der Waals surface area (Å²) in [6, 6.07) is 10.8. The third-order valence-corrected chi connectivity index (χ3v) is 4.66. The molecule has 5 nitrogen and oxygen atoms in total. The van der Waals surface area contributed by atoms with Crippen molar-refractivity contribution in [3.63, 3.8) is 0 Å². The van der Waals surface area contributed by atoms with Gasteiger partial charge in [0, 0.05) is 28.5 Å². The number of anilines is 1. The van der Waals surface area contributed by atoms with Crippen LogP contribution in [0.4, 0.5) is 18.9 Å². The van der Waals surface area contributed by atoms with Crippen LogP contribution in [0.15, 0.2) is 48.7 Å². The lowest BCUT2D eigenvalue weighted by Gasteiger charge is -2.14. The van der Waals surface area contributed by atoms with Crippen LogP contribution in [0.3, 0.4) is 0 Å². The molecule has 3 rings (SSSR count). The van der Waals surface area contributed by atoms with E-state index in [0.29, 0.717) is 18.9 Å². The van der Waals surface area contributed by atoms with Crippen molar-refractivity contribution in [1.29, 1.82) is 0 Å². The first-order chi connectivity index (χ1) is 14.2. The highest BCUT2D eigenvalue weighted by atomic mass is 35.5. The minimum absolute atomic E-state index is 0.0849. The molecule has 2 N–H and O–H groups in total. The number of carbonyl (C=O) groups is 2. The van der Waals surface area contributed by atoms with E-state index in [1.165, 1.54) is 6.07 Å². The van der Waals surface area contributed by atoms with E-state index in [4.69, 9.17) is 16.3 Å². The highest BCUT2D eigenvalue weighted by Crippen LogP contribution is 2.36. The second-order valence-electron chi connectivity index (χ2n) is 6.61. The summed E-state index contributed by atoms with van der Waals surface area (Å²) in [7, 11) is 0. The third kappa shape index (κ3) is 5.54. The van der Waals surface area contributed by atoms with E-state index < -0.39 is 35.9 Å². The predicted molar refractivity (Wildman–Crippen MR) is 107 cm³/mol. The maximum Gasteiger partial charge on any atom is 0.418 e. The number of hydrogen-bond donors (Lipinski definition) is 2. The number of carbonyl (C=O) groups excluding carboxylic acids is 2. The highest BCUT2D eigenvalue weighted by Gasteiger charge is 2.34. The largest absolute Gasteiger partial charge is 0.456 e. The fourth-order valence-corrected chi connectivity index (χ4v) is 3.20. The van der Waals surface area contributed by atoms with Crippen LogP contribution in [0.1, 0.15) is 24.0 Å². The standard InChI is InChI=1S/C21H18ClF3N2O3/c22-14-8-9-18(16(10-14)21(23,24)25)27-19(28)12-30-20(29)7-3-4-13-11-26-17-6-2-1-5-15(13)17/h1-2,5-6,8-11,26H,3-4,7,12H2,(H,27,28). The molecule has 0 saturated carbocycles. The maximum atomic E-state index is 13.0. The van der Waals surface area contributed by atoms with Gasteiger partial charge in [0.25, 0.3) is 5.91 Å². The summed E-state index contributed by atoms with van der Waals surface area (Å²) in [6.45, 7) is -0.675. The Labute approximate surface area is 175 Å². The number of benzene rings is 2. The second-order valence-corrected chi connectivity index (χ2v) is 7.05. The molecule has 30 heavy (non-hydrogen) atoms. The summed E-state index contributed by atoms with van der Waals surface area (Å²) in [6.07, 6.45) is -1.56. The summed E-state index contributed by atoms with van der Waals surface area (Å²) in [4.78, 5) is 26.9. The Morgan fingerprint density at radius 1 is 1.13 bits per heavy atom. The van der Waals surface area contributed by atoms with Gasteiger partial charge in [-0.15, -0.1) is 0 Å². The molecular formula is C21H18ClF3N2O3. The molecule has 3 aromatic rings. The number of hydrogen-bond acceptors (Lipinski definition) is 3. The molecule has 158 valence electrons. The first-order valence-electron chi connectivity index (χ1n) is 9.11. The predicted octanol–water partition coefficient (Wildman–Crippen LogP) is 5.34. The average molecular weight is 439 g/mol. The molecule has 0 aliphatic heterocycles. The zero-order valence-corrected chi connectivity index (χ0v) is 16.4. The minimum Gasteiger partial charge on any atom is -0.456 e. The van der Waals surface area contributed by atoms with Crippen LogP contribution in [0, 0.1) is 0 Å². The van der Waals surface area contributed by atoms with E-state index in [9.17, 15) is 22.8 Å². The van der Waals surface area contributed by atoms with E-state index in [1.54, 1.807) is 0 Å². The Morgan fingerprint density at radius 3 is 2.67 bits per heavy atom. The van der Waals surface area contributed by atoms with Crippen molar-refractivity contribution in [2.24, 2.45) is 0 Å². The van der Waals surface area contributed by atoms with Crippen molar-refractivity contribution in [2.75, 3.05) is 11.9 Å². The Bertz CT molecular complexity index is 1060. The van der Waals surface area contributed by atoms with Gasteiger partial charge in [-0.2, -0.15) is 13.2 Å². The SMILES string of the molecule is O=C(COC(=O)CCCc1c[nH]c2ccccc12)Nc1ccc(Cl)cc1C(F)(F)F. The first-order valence-corrected chi connectivity index (χ1v) is 9.49. The molecule has 0 atom stereocenters. The van der Waals surface area contributed by atoms with Crippen molar-refractivity contribution in [3.05, 3.63) is 64.8 Å². The fraction of sp³-hybridized carbons (Fsp3) is 0.238. The van der Waals surface area contributed by atoms with Crippen molar-refractivity contribution in [2.45, 2.75) is 25.4 Å². The minimum atomic E-state index is -4.69. The van der Waals surface area contributed by atoms with Crippen LogP contribution in [-0.2, 0) is 26.9 Å². The van der Waals surface area contributed by atoms with Crippen molar-refractivity contribution < 1.29 is 27.5 Å². The number of para-hydroxylation sites is 1. The molecule has 0 saturated heterocycles. The Hall–Kier alpha value is -3.00. The molecule has 0 radical (unpaired) electrons. The van der Waals surface area contributed by atoms with Gasteiger partial charge in [-0.05, 0) is 42.7 Å². The molecule has 2 aromatic carbocycles. The molecule has 0 bridgehead atoms. The third-order valence-electron chi connectivity index (χ3n) is 4.43. The number of aryl methyl sites for hydroxylation is 1. The lowest BCUT2D eigenvalue weighted by Crippen LogP contribution is -2.22. The number of aromatic nitrogens is 1. The molecule has 0 spiro atoms. The van der Waals surface area contributed by atoms with Crippen molar-refractivity contribution in [3.8, 4) is 0 Å². The Kier molecular flexibility index (Phi) is 6.66. The van der Waals surface area contributed by atoms with Crippen molar-refractivity contribution in [1.82, 2.24) is 4.98 Å². The molecule has 0 aliphatic rings. The summed E-state index contributed by atoms with van der Waals surface area (Å²) in [5, 5.41) is 3.07. The van der Waals surface area contributed by atoms with Crippen LogP contribution in [0.25, 0.3) is 10.9 Å². The second kappa shape index (κ2) is 9.21. The Morgan fingerprint density at radius 2 is 1.90 bits per heavy atom. The zero-order chi connectivity index (χ0) is 21.7. The van der Waals surface area contributed by atoms with Gasteiger partial charge in [-0.25, -0.2) is 0 Å². The van der Waals surface area contributed by atoms with Gasteiger partial charge in [0.15, 0.2) is 6.61 Å².